The first-order valence-electron chi connectivity index (χ1n) is 4.20. The van der Waals surface area contributed by atoms with Gasteiger partial charge in [-0.15, -0.1) is 0 Å². The lowest BCUT2D eigenvalue weighted by atomic mass is 9.99. The summed E-state index contributed by atoms with van der Waals surface area (Å²) < 4.78 is 28.6. The smallest absolute Gasteiger partial charge is 0.305 e. The second kappa shape index (κ2) is 4.38. The van der Waals surface area contributed by atoms with Gasteiger partial charge in [0.2, 0.25) is 0 Å². The fraction of sp³-hybridized carbons (Fsp3) is 1.00. The van der Waals surface area contributed by atoms with E-state index in [9.17, 15) is 8.76 Å². The largest absolute Gasteiger partial charge is 0.367 e. The van der Waals surface area contributed by atoms with Crippen LogP contribution in [0.2, 0.25) is 0 Å². The molecule has 1 atom stereocenters. The predicted molar refractivity (Wildman–Crippen MR) is 49.3 cm³/mol. The SMILES string of the molecule is CCCP(=O)(F)OCC(C)(C)C. The second-order valence-electron chi connectivity index (χ2n) is 4.15. The van der Waals surface area contributed by atoms with Gasteiger partial charge in [-0.1, -0.05) is 27.7 Å². The van der Waals surface area contributed by atoms with Crippen LogP contribution in [0.5, 0.6) is 0 Å². The van der Waals surface area contributed by atoms with Crippen LogP contribution in [-0.2, 0) is 9.09 Å². The van der Waals surface area contributed by atoms with Crippen LogP contribution in [0.25, 0.3) is 0 Å². The zero-order chi connectivity index (χ0) is 9.83. The molecule has 0 heterocycles. The molecule has 2 nitrogen and oxygen atoms in total. The molecule has 0 aliphatic rings. The van der Waals surface area contributed by atoms with Gasteiger partial charge >= 0.3 is 7.68 Å². The lowest BCUT2D eigenvalue weighted by Crippen LogP contribution is -2.13. The van der Waals surface area contributed by atoms with Crippen LogP contribution in [0.1, 0.15) is 34.1 Å². The van der Waals surface area contributed by atoms with E-state index in [1.807, 2.05) is 20.8 Å². The first-order chi connectivity index (χ1) is 5.27. The molecule has 0 amide bonds. The molecule has 0 rings (SSSR count). The molecule has 1 unspecified atom stereocenters. The normalized spacial score (nSPS) is 17.4. The molecule has 0 spiro atoms. The van der Waals surface area contributed by atoms with E-state index in [-0.39, 0.29) is 18.2 Å². The summed E-state index contributed by atoms with van der Waals surface area (Å²) in [5, 5.41) is 0. The Kier molecular flexibility index (Phi) is 4.43. The lowest BCUT2D eigenvalue weighted by molar-refractivity contribution is 0.187. The quantitative estimate of drug-likeness (QED) is 0.642. The van der Waals surface area contributed by atoms with Gasteiger partial charge in [0.15, 0.2) is 0 Å². The molecule has 74 valence electrons. The van der Waals surface area contributed by atoms with Crippen LogP contribution in [-0.4, -0.2) is 12.8 Å². The molecular weight excluding hydrogens is 178 g/mol. The summed E-state index contributed by atoms with van der Waals surface area (Å²) in [6.45, 7) is 7.74. The Labute approximate surface area is 74.1 Å². The summed E-state index contributed by atoms with van der Waals surface area (Å²) >= 11 is 0. The lowest BCUT2D eigenvalue weighted by Gasteiger charge is -2.19. The maximum Gasteiger partial charge on any atom is 0.367 e. The van der Waals surface area contributed by atoms with Crippen molar-refractivity contribution in [3.05, 3.63) is 0 Å². The van der Waals surface area contributed by atoms with E-state index in [4.69, 9.17) is 4.52 Å². The van der Waals surface area contributed by atoms with E-state index in [2.05, 4.69) is 0 Å². The molecule has 12 heavy (non-hydrogen) atoms. The highest BCUT2D eigenvalue weighted by Gasteiger charge is 2.23. The van der Waals surface area contributed by atoms with Crippen molar-refractivity contribution >= 4 is 7.68 Å². The predicted octanol–water partition coefficient (Wildman–Crippen LogP) is 3.62. The van der Waals surface area contributed by atoms with Gasteiger partial charge in [-0.2, -0.15) is 4.20 Å². The van der Waals surface area contributed by atoms with E-state index >= 15 is 0 Å². The molecule has 0 saturated heterocycles. The molecule has 4 heteroatoms. The zero-order valence-electron chi connectivity index (χ0n) is 8.26. The highest BCUT2D eigenvalue weighted by molar-refractivity contribution is 7.53. The van der Waals surface area contributed by atoms with Crippen molar-refractivity contribution in [3.8, 4) is 0 Å². The average molecular weight is 196 g/mol. The summed E-state index contributed by atoms with van der Waals surface area (Å²) in [5.74, 6) is 0. The van der Waals surface area contributed by atoms with Gasteiger partial charge in [-0.25, -0.2) is 0 Å². The second-order valence-corrected chi connectivity index (χ2v) is 6.03. The Morgan fingerprint density at radius 1 is 1.42 bits per heavy atom. The number of hydrogen-bond acceptors (Lipinski definition) is 2. The van der Waals surface area contributed by atoms with Crippen LogP contribution in [0.3, 0.4) is 0 Å². The Bertz CT molecular complexity index is 174. The molecule has 0 aromatic heterocycles. The minimum atomic E-state index is -3.79. The van der Waals surface area contributed by atoms with Gasteiger partial charge in [0.25, 0.3) is 0 Å². The first-order valence-corrected chi connectivity index (χ1v) is 5.90. The topological polar surface area (TPSA) is 26.3 Å². The molecule has 0 N–H and O–H groups in total. The molecule has 0 aromatic carbocycles. The maximum absolute atomic E-state index is 13.0. The van der Waals surface area contributed by atoms with Crippen molar-refractivity contribution in [3.63, 3.8) is 0 Å². The number of hydrogen-bond donors (Lipinski definition) is 0. The van der Waals surface area contributed by atoms with E-state index in [0.717, 1.165) is 0 Å². The van der Waals surface area contributed by atoms with Gasteiger partial charge in [0.05, 0.1) is 12.8 Å². The van der Waals surface area contributed by atoms with E-state index in [1.54, 1.807) is 6.92 Å². The number of rotatable bonds is 4. The number of halogens is 1. The molecule has 0 radical (unpaired) electrons. The van der Waals surface area contributed by atoms with Crippen molar-refractivity contribution in [2.24, 2.45) is 5.41 Å². The molecule has 0 fully saturated rings. The van der Waals surface area contributed by atoms with Crippen LogP contribution < -0.4 is 0 Å². The Morgan fingerprint density at radius 2 is 1.92 bits per heavy atom. The summed E-state index contributed by atoms with van der Waals surface area (Å²) in [7, 11) is -3.79. The monoisotopic (exact) mass is 196 g/mol. The van der Waals surface area contributed by atoms with Crippen molar-refractivity contribution in [1.29, 1.82) is 0 Å². The van der Waals surface area contributed by atoms with Crippen molar-refractivity contribution in [1.82, 2.24) is 0 Å². The van der Waals surface area contributed by atoms with Crippen LogP contribution in [0, 0.1) is 5.41 Å². The Morgan fingerprint density at radius 3 is 2.25 bits per heavy atom. The van der Waals surface area contributed by atoms with Gasteiger partial charge in [0, 0.05) is 0 Å². The van der Waals surface area contributed by atoms with E-state index in [0.29, 0.717) is 6.42 Å². The average Bonchev–Trinajstić information content (AvgIpc) is 1.83. The minimum absolute atomic E-state index is 0.0308. The molecule has 0 aliphatic carbocycles. The highest BCUT2D eigenvalue weighted by atomic mass is 31.2. The van der Waals surface area contributed by atoms with E-state index in [1.165, 1.54) is 0 Å². The van der Waals surface area contributed by atoms with Crippen molar-refractivity contribution in [2.45, 2.75) is 34.1 Å². The third-order valence-electron chi connectivity index (χ3n) is 1.18. The summed E-state index contributed by atoms with van der Waals surface area (Å²) in [6.07, 6.45) is 0.584. The third-order valence-corrected chi connectivity index (χ3v) is 2.68. The fourth-order valence-electron chi connectivity index (χ4n) is 0.622. The van der Waals surface area contributed by atoms with E-state index < -0.39 is 7.68 Å². The molecule has 0 aliphatic heterocycles. The highest BCUT2D eigenvalue weighted by Crippen LogP contribution is 2.49. The maximum atomic E-state index is 13.0. The van der Waals surface area contributed by atoms with Crippen LogP contribution in [0.4, 0.5) is 4.20 Å². The summed E-state index contributed by atoms with van der Waals surface area (Å²) in [5.41, 5.74) is -0.129. The van der Waals surface area contributed by atoms with Crippen molar-refractivity contribution in [2.75, 3.05) is 12.8 Å². The molecule has 0 bridgehead atoms. The van der Waals surface area contributed by atoms with Crippen LogP contribution >= 0.6 is 7.68 Å². The van der Waals surface area contributed by atoms with Gasteiger partial charge in [-0.3, -0.25) is 4.57 Å². The van der Waals surface area contributed by atoms with Gasteiger partial charge in [0.1, 0.15) is 0 Å². The molecule has 0 aromatic rings. The molecular formula is C8H18FO2P. The van der Waals surface area contributed by atoms with Crippen LogP contribution in [0.15, 0.2) is 0 Å². The third kappa shape index (κ3) is 6.81. The standard InChI is InChI=1S/C8H18FO2P/c1-5-6-12(9,10)11-7-8(2,3)4/h5-7H2,1-4H3. The first kappa shape index (κ1) is 12.1. The fourth-order valence-corrected chi connectivity index (χ4v) is 1.87. The van der Waals surface area contributed by atoms with Gasteiger partial charge < -0.3 is 4.52 Å². The summed E-state index contributed by atoms with van der Waals surface area (Å²) in [4.78, 5) is 0. The Hall–Kier alpha value is 0.120. The van der Waals surface area contributed by atoms with Crippen molar-refractivity contribution < 1.29 is 13.3 Å². The van der Waals surface area contributed by atoms with Gasteiger partial charge in [-0.05, 0) is 11.8 Å². The zero-order valence-corrected chi connectivity index (χ0v) is 9.16. The summed E-state index contributed by atoms with van der Waals surface area (Å²) in [6, 6.07) is 0. The molecule has 0 saturated carbocycles. The Balaban J connectivity index is 3.84. The minimum Gasteiger partial charge on any atom is -0.305 e.